The van der Waals surface area contributed by atoms with Crippen LogP contribution in [0.25, 0.3) is 0 Å². The number of aryl methyl sites for hydroxylation is 1. The van der Waals surface area contributed by atoms with E-state index >= 15 is 0 Å². The highest BCUT2D eigenvalue weighted by atomic mass is 19.1. The van der Waals surface area contributed by atoms with Crippen molar-refractivity contribution < 1.29 is 8.81 Å². The van der Waals surface area contributed by atoms with E-state index in [-0.39, 0.29) is 5.82 Å². The zero-order valence-corrected chi connectivity index (χ0v) is 12.9. The Morgan fingerprint density at radius 2 is 1.95 bits per heavy atom. The average molecular weight is 290 g/mol. The summed E-state index contributed by atoms with van der Waals surface area (Å²) in [5.74, 6) is 1.71. The van der Waals surface area contributed by atoms with Gasteiger partial charge in [-0.1, -0.05) is 25.1 Å². The van der Waals surface area contributed by atoms with E-state index in [2.05, 4.69) is 18.3 Å². The van der Waals surface area contributed by atoms with E-state index in [0.29, 0.717) is 18.7 Å². The predicted octanol–water partition coefficient (Wildman–Crippen LogP) is 3.47. The second kappa shape index (κ2) is 7.38. The van der Waals surface area contributed by atoms with E-state index in [1.54, 1.807) is 6.07 Å². The number of nitrogens with zero attached hydrogens (tertiary/aromatic N) is 1. The summed E-state index contributed by atoms with van der Waals surface area (Å²) < 4.78 is 19.4. The number of furan rings is 1. The number of hydrogen-bond donors (Lipinski definition) is 1. The first-order valence-electron chi connectivity index (χ1n) is 7.31. The van der Waals surface area contributed by atoms with Crippen LogP contribution in [0.5, 0.6) is 0 Å². The molecule has 1 N–H and O–H groups in total. The van der Waals surface area contributed by atoms with Crippen LogP contribution in [0, 0.1) is 12.7 Å². The molecule has 0 spiro atoms. The molecule has 0 saturated carbocycles. The van der Waals surface area contributed by atoms with Crippen molar-refractivity contribution >= 4 is 0 Å². The van der Waals surface area contributed by atoms with Gasteiger partial charge in [-0.15, -0.1) is 0 Å². The van der Waals surface area contributed by atoms with E-state index in [0.717, 1.165) is 24.6 Å². The van der Waals surface area contributed by atoms with Gasteiger partial charge in [0.15, 0.2) is 0 Å². The van der Waals surface area contributed by atoms with Crippen molar-refractivity contribution in [2.75, 3.05) is 13.6 Å². The number of nitrogens with one attached hydrogen (secondary N) is 1. The van der Waals surface area contributed by atoms with Crippen LogP contribution in [0.3, 0.4) is 0 Å². The molecule has 0 bridgehead atoms. The maximum atomic E-state index is 13.6. The molecule has 0 fully saturated rings. The standard InChI is InChI=1S/C17H23FN2O/c1-4-19-10-15-9-16(21-13(15)2)12-20(3)11-14-7-5-6-8-17(14)18/h5-9,19H,4,10-12H2,1-3H3. The molecule has 0 aliphatic carbocycles. The van der Waals surface area contributed by atoms with Crippen LogP contribution < -0.4 is 5.32 Å². The van der Waals surface area contributed by atoms with E-state index in [1.165, 1.54) is 11.6 Å². The number of hydrogen-bond acceptors (Lipinski definition) is 3. The predicted molar refractivity (Wildman–Crippen MR) is 82.4 cm³/mol. The summed E-state index contributed by atoms with van der Waals surface area (Å²) >= 11 is 0. The molecule has 4 heteroatoms. The number of halogens is 1. The van der Waals surface area contributed by atoms with Gasteiger partial charge in [0, 0.05) is 24.2 Å². The summed E-state index contributed by atoms with van der Waals surface area (Å²) in [4.78, 5) is 2.05. The van der Waals surface area contributed by atoms with Crippen LogP contribution in [0.2, 0.25) is 0 Å². The fraction of sp³-hybridized carbons (Fsp3) is 0.412. The summed E-state index contributed by atoms with van der Waals surface area (Å²) in [6, 6.07) is 8.96. The Morgan fingerprint density at radius 1 is 1.19 bits per heavy atom. The van der Waals surface area contributed by atoms with Crippen molar-refractivity contribution in [3.05, 3.63) is 58.8 Å². The molecule has 114 valence electrons. The lowest BCUT2D eigenvalue weighted by Crippen LogP contribution is -2.17. The average Bonchev–Trinajstić information content (AvgIpc) is 2.79. The second-order valence-electron chi connectivity index (χ2n) is 5.34. The summed E-state index contributed by atoms with van der Waals surface area (Å²) in [5.41, 5.74) is 1.89. The van der Waals surface area contributed by atoms with Crippen molar-refractivity contribution in [3.8, 4) is 0 Å². The lowest BCUT2D eigenvalue weighted by atomic mass is 10.2. The van der Waals surface area contributed by atoms with Gasteiger partial charge in [0.05, 0.1) is 6.54 Å². The molecule has 0 unspecified atom stereocenters. The van der Waals surface area contributed by atoms with Crippen LogP contribution in [-0.4, -0.2) is 18.5 Å². The van der Waals surface area contributed by atoms with Crippen LogP contribution in [0.4, 0.5) is 4.39 Å². The molecule has 2 rings (SSSR count). The van der Waals surface area contributed by atoms with Gasteiger partial charge < -0.3 is 9.73 Å². The van der Waals surface area contributed by atoms with Gasteiger partial charge in [-0.25, -0.2) is 4.39 Å². The van der Waals surface area contributed by atoms with Crippen LogP contribution in [-0.2, 0) is 19.6 Å². The van der Waals surface area contributed by atoms with Crippen molar-refractivity contribution in [1.82, 2.24) is 10.2 Å². The zero-order valence-electron chi connectivity index (χ0n) is 12.9. The fourth-order valence-corrected chi connectivity index (χ4v) is 2.34. The number of benzene rings is 1. The first kappa shape index (κ1) is 15.7. The summed E-state index contributed by atoms with van der Waals surface area (Å²) in [7, 11) is 1.97. The molecule has 21 heavy (non-hydrogen) atoms. The second-order valence-corrected chi connectivity index (χ2v) is 5.34. The first-order chi connectivity index (χ1) is 10.1. The zero-order chi connectivity index (χ0) is 15.2. The van der Waals surface area contributed by atoms with E-state index < -0.39 is 0 Å². The van der Waals surface area contributed by atoms with E-state index in [1.807, 2.05) is 31.0 Å². The Morgan fingerprint density at radius 3 is 2.67 bits per heavy atom. The normalized spacial score (nSPS) is 11.3. The highest BCUT2D eigenvalue weighted by Crippen LogP contribution is 2.17. The Hall–Kier alpha value is -1.65. The van der Waals surface area contributed by atoms with Crippen LogP contribution in [0.1, 0.15) is 29.6 Å². The Bertz CT molecular complexity index is 580. The minimum atomic E-state index is -0.159. The Labute approximate surface area is 125 Å². The maximum absolute atomic E-state index is 13.6. The van der Waals surface area contributed by atoms with Crippen LogP contribution >= 0.6 is 0 Å². The molecule has 0 saturated heterocycles. The topological polar surface area (TPSA) is 28.4 Å². The Balaban J connectivity index is 1.96. The van der Waals surface area contributed by atoms with Crippen molar-refractivity contribution in [2.45, 2.75) is 33.5 Å². The lowest BCUT2D eigenvalue weighted by molar-refractivity contribution is 0.281. The van der Waals surface area contributed by atoms with Gasteiger partial charge in [-0.2, -0.15) is 0 Å². The molecule has 0 aliphatic heterocycles. The molecule has 1 heterocycles. The largest absolute Gasteiger partial charge is 0.465 e. The quantitative estimate of drug-likeness (QED) is 0.846. The maximum Gasteiger partial charge on any atom is 0.127 e. The van der Waals surface area contributed by atoms with Gasteiger partial charge in [-0.3, -0.25) is 4.90 Å². The molecule has 3 nitrogen and oxygen atoms in total. The summed E-state index contributed by atoms with van der Waals surface area (Å²) in [6.45, 7) is 7.05. The highest BCUT2D eigenvalue weighted by molar-refractivity contribution is 5.21. The van der Waals surface area contributed by atoms with E-state index in [4.69, 9.17) is 4.42 Å². The highest BCUT2D eigenvalue weighted by Gasteiger charge is 2.11. The van der Waals surface area contributed by atoms with Gasteiger partial charge >= 0.3 is 0 Å². The third kappa shape index (κ3) is 4.41. The smallest absolute Gasteiger partial charge is 0.127 e. The molecular formula is C17H23FN2O. The summed E-state index contributed by atoms with van der Waals surface area (Å²) in [5, 5.41) is 3.30. The Kier molecular flexibility index (Phi) is 5.53. The molecule has 0 atom stereocenters. The molecular weight excluding hydrogens is 267 g/mol. The van der Waals surface area contributed by atoms with Gasteiger partial charge in [-0.05, 0) is 32.6 Å². The molecule has 1 aromatic heterocycles. The SMILES string of the molecule is CCNCc1cc(CN(C)Cc2ccccc2F)oc1C. The minimum Gasteiger partial charge on any atom is -0.465 e. The van der Waals surface area contributed by atoms with Gasteiger partial charge in [0.1, 0.15) is 17.3 Å². The van der Waals surface area contributed by atoms with Crippen LogP contribution in [0.15, 0.2) is 34.7 Å². The molecule has 1 aromatic carbocycles. The van der Waals surface area contributed by atoms with E-state index in [9.17, 15) is 4.39 Å². The third-order valence-electron chi connectivity index (χ3n) is 3.46. The first-order valence-corrected chi connectivity index (χ1v) is 7.31. The van der Waals surface area contributed by atoms with Crippen molar-refractivity contribution in [3.63, 3.8) is 0 Å². The van der Waals surface area contributed by atoms with Gasteiger partial charge in [0.25, 0.3) is 0 Å². The molecule has 0 radical (unpaired) electrons. The molecule has 2 aromatic rings. The lowest BCUT2D eigenvalue weighted by Gasteiger charge is -2.15. The van der Waals surface area contributed by atoms with Crippen molar-refractivity contribution in [2.24, 2.45) is 0 Å². The minimum absolute atomic E-state index is 0.159. The monoisotopic (exact) mass is 290 g/mol. The number of rotatable bonds is 7. The van der Waals surface area contributed by atoms with Gasteiger partial charge in [0.2, 0.25) is 0 Å². The van der Waals surface area contributed by atoms with Crippen molar-refractivity contribution in [1.29, 1.82) is 0 Å². The fourth-order valence-electron chi connectivity index (χ4n) is 2.34. The summed E-state index contributed by atoms with van der Waals surface area (Å²) in [6.07, 6.45) is 0. The molecule has 0 aliphatic rings. The third-order valence-corrected chi connectivity index (χ3v) is 3.46. The molecule has 0 amide bonds.